The molecule has 25 heavy (non-hydrogen) atoms. The number of benzene rings is 1. The van der Waals surface area contributed by atoms with Gasteiger partial charge in [-0.25, -0.2) is 0 Å². The van der Waals surface area contributed by atoms with Gasteiger partial charge in [0.2, 0.25) is 5.91 Å². The summed E-state index contributed by atoms with van der Waals surface area (Å²) in [5.74, 6) is 0.785. The van der Waals surface area contributed by atoms with E-state index in [1.807, 2.05) is 4.90 Å². The summed E-state index contributed by atoms with van der Waals surface area (Å²) in [5.41, 5.74) is 7.01. The zero-order valence-corrected chi connectivity index (χ0v) is 15.3. The number of hydrogen-bond acceptors (Lipinski definition) is 4. The molecular formula is C20H31N3O2. The lowest BCUT2D eigenvalue weighted by molar-refractivity contribution is -0.142. The Kier molecular flexibility index (Phi) is 6.10. The van der Waals surface area contributed by atoms with E-state index in [9.17, 15) is 4.79 Å². The Hall–Kier alpha value is -1.43. The molecule has 0 spiro atoms. The molecule has 0 bridgehead atoms. The van der Waals surface area contributed by atoms with Crippen molar-refractivity contribution in [2.75, 3.05) is 39.9 Å². The molecule has 1 amide bonds. The molecule has 2 N–H and O–H groups in total. The molecule has 5 nitrogen and oxygen atoms in total. The van der Waals surface area contributed by atoms with Gasteiger partial charge in [-0.1, -0.05) is 30.3 Å². The highest BCUT2D eigenvalue weighted by Crippen LogP contribution is 2.25. The van der Waals surface area contributed by atoms with Crippen molar-refractivity contribution in [3.8, 4) is 0 Å². The van der Waals surface area contributed by atoms with Gasteiger partial charge in [0.15, 0.2) is 0 Å². The predicted molar refractivity (Wildman–Crippen MR) is 99.1 cm³/mol. The Balaban J connectivity index is 1.44. The van der Waals surface area contributed by atoms with Gasteiger partial charge < -0.3 is 20.3 Å². The van der Waals surface area contributed by atoms with Gasteiger partial charge in [-0.3, -0.25) is 4.79 Å². The Labute approximate surface area is 151 Å². The summed E-state index contributed by atoms with van der Waals surface area (Å²) < 4.78 is 5.36. The number of nitrogens with zero attached hydrogens (tertiary/aromatic N) is 2. The standard InChI is InChI=1S/C20H31N3O2/c1-22(15-17-5-3-2-4-6-17)16-18-7-11-23(12-8-18)19(24)20(21)9-13-25-14-10-20/h2-6,18H,7-16,21H2,1H3. The van der Waals surface area contributed by atoms with Crippen molar-refractivity contribution in [2.24, 2.45) is 11.7 Å². The van der Waals surface area contributed by atoms with Gasteiger partial charge in [0.25, 0.3) is 0 Å². The lowest BCUT2D eigenvalue weighted by Gasteiger charge is -2.40. The Bertz CT molecular complexity index is 549. The minimum absolute atomic E-state index is 0.131. The first-order valence-corrected chi connectivity index (χ1v) is 9.45. The quantitative estimate of drug-likeness (QED) is 0.885. The summed E-state index contributed by atoms with van der Waals surface area (Å²) in [4.78, 5) is 17.2. The van der Waals surface area contributed by atoms with Crippen LogP contribution in [0.2, 0.25) is 0 Å². The molecule has 2 aliphatic heterocycles. The number of carbonyl (C=O) groups excluding carboxylic acids is 1. The van der Waals surface area contributed by atoms with Crippen molar-refractivity contribution in [2.45, 2.75) is 37.8 Å². The van der Waals surface area contributed by atoms with E-state index in [0.29, 0.717) is 32.0 Å². The average molecular weight is 345 g/mol. The molecule has 0 atom stereocenters. The lowest BCUT2D eigenvalue weighted by atomic mass is 9.88. The third kappa shape index (κ3) is 4.81. The SMILES string of the molecule is CN(Cc1ccccc1)CC1CCN(C(=O)C2(N)CCOCC2)CC1. The first-order chi connectivity index (χ1) is 12.1. The van der Waals surface area contributed by atoms with Crippen LogP contribution in [0.1, 0.15) is 31.2 Å². The maximum Gasteiger partial charge on any atom is 0.242 e. The van der Waals surface area contributed by atoms with Crippen LogP contribution in [0.3, 0.4) is 0 Å². The smallest absolute Gasteiger partial charge is 0.242 e. The molecule has 5 heteroatoms. The number of nitrogens with two attached hydrogens (primary N) is 1. The number of carbonyl (C=O) groups is 1. The largest absolute Gasteiger partial charge is 0.381 e. The molecule has 0 aliphatic carbocycles. The summed E-state index contributed by atoms with van der Waals surface area (Å²) in [5, 5.41) is 0. The minimum atomic E-state index is -0.699. The molecule has 0 aromatic heterocycles. The average Bonchev–Trinajstić information content (AvgIpc) is 2.63. The van der Waals surface area contributed by atoms with Crippen LogP contribution in [0.25, 0.3) is 0 Å². The molecule has 0 radical (unpaired) electrons. The Morgan fingerprint density at radius 2 is 1.88 bits per heavy atom. The highest BCUT2D eigenvalue weighted by molar-refractivity contribution is 5.86. The van der Waals surface area contributed by atoms with E-state index in [2.05, 4.69) is 42.3 Å². The number of likely N-dealkylation sites (tertiary alicyclic amines) is 1. The van der Waals surface area contributed by atoms with Gasteiger partial charge in [0.1, 0.15) is 0 Å². The Morgan fingerprint density at radius 1 is 1.24 bits per heavy atom. The molecule has 138 valence electrons. The van der Waals surface area contributed by atoms with E-state index in [1.165, 1.54) is 5.56 Å². The van der Waals surface area contributed by atoms with Crippen LogP contribution >= 0.6 is 0 Å². The lowest BCUT2D eigenvalue weighted by Crippen LogP contribution is -2.59. The third-order valence-electron chi connectivity index (χ3n) is 5.58. The minimum Gasteiger partial charge on any atom is -0.381 e. The number of amides is 1. The first-order valence-electron chi connectivity index (χ1n) is 9.45. The maximum atomic E-state index is 12.8. The van der Waals surface area contributed by atoms with Crippen molar-refractivity contribution >= 4 is 5.91 Å². The van der Waals surface area contributed by atoms with Gasteiger partial charge in [-0.15, -0.1) is 0 Å². The monoisotopic (exact) mass is 345 g/mol. The van der Waals surface area contributed by atoms with Crippen LogP contribution in [0, 0.1) is 5.92 Å². The molecule has 2 heterocycles. The van der Waals surface area contributed by atoms with Crippen molar-refractivity contribution < 1.29 is 9.53 Å². The van der Waals surface area contributed by atoms with Crippen LogP contribution in [-0.4, -0.2) is 61.1 Å². The van der Waals surface area contributed by atoms with E-state index in [4.69, 9.17) is 10.5 Å². The highest BCUT2D eigenvalue weighted by atomic mass is 16.5. The number of rotatable bonds is 5. The van der Waals surface area contributed by atoms with Crippen molar-refractivity contribution in [1.29, 1.82) is 0 Å². The van der Waals surface area contributed by atoms with Crippen LogP contribution < -0.4 is 5.73 Å². The second kappa shape index (κ2) is 8.30. The normalized spacial score (nSPS) is 21.5. The van der Waals surface area contributed by atoms with Gasteiger partial charge >= 0.3 is 0 Å². The number of ether oxygens (including phenoxy) is 1. The summed E-state index contributed by atoms with van der Waals surface area (Å²) in [6.07, 6.45) is 3.42. The molecule has 2 fully saturated rings. The third-order valence-corrected chi connectivity index (χ3v) is 5.58. The number of piperidine rings is 1. The van der Waals surface area contributed by atoms with Crippen molar-refractivity contribution in [1.82, 2.24) is 9.80 Å². The van der Waals surface area contributed by atoms with E-state index in [1.54, 1.807) is 0 Å². The fourth-order valence-electron chi connectivity index (χ4n) is 3.98. The second-order valence-corrected chi connectivity index (χ2v) is 7.69. The van der Waals surface area contributed by atoms with Gasteiger partial charge in [0.05, 0.1) is 5.54 Å². The van der Waals surface area contributed by atoms with E-state index in [0.717, 1.165) is 39.0 Å². The van der Waals surface area contributed by atoms with Gasteiger partial charge in [-0.2, -0.15) is 0 Å². The topological polar surface area (TPSA) is 58.8 Å². The zero-order chi connectivity index (χ0) is 17.7. The zero-order valence-electron chi connectivity index (χ0n) is 15.3. The van der Waals surface area contributed by atoms with E-state index in [-0.39, 0.29) is 5.91 Å². The molecule has 1 aromatic rings. The summed E-state index contributed by atoms with van der Waals surface area (Å²) in [6, 6.07) is 10.6. The summed E-state index contributed by atoms with van der Waals surface area (Å²) in [7, 11) is 2.18. The maximum absolute atomic E-state index is 12.8. The second-order valence-electron chi connectivity index (χ2n) is 7.69. The fraction of sp³-hybridized carbons (Fsp3) is 0.650. The van der Waals surface area contributed by atoms with Crippen LogP contribution in [0.15, 0.2) is 30.3 Å². The fourth-order valence-corrected chi connectivity index (χ4v) is 3.98. The van der Waals surface area contributed by atoms with Gasteiger partial charge in [0, 0.05) is 39.4 Å². The molecule has 2 saturated heterocycles. The predicted octanol–water partition coefficient (Wildman–Crippen LogP) is 1.86. The highest BCUT2D eigenvalue weighted by Gasteiger charge is 2.39. The van der Waals surface area contributed by atoms with E-state index < -0.39 is 5.54 Å². The van der Waals surface area contributed by atoms with Crippen molar-refractivity contribution in [3.63, 3.8) is 0 Å². The van der Waals surface area contributed by atoms with Crippen LogP contribution in [0.5, 0.6) is 0 Å². The summed E-state index contributed by atoms with van der Waals surface area (Å²) >= 11 is 0. The van der Waals surface area contributed by atoms with Crippen molar-refractivity contribution in [3.05, 3.63) is 35.9 Å². The van der Waals surface area contributed by atoms with Crippen LogP contribution in [0.4, 0.5) is 0 Å². The molecule has 0 saturated carbocycles. The van der Waals surface area contributed by atoms with Crippen LogP contribution in [-0.2, 0) is 16.1 Å². The molecule has 0 unspecified atom stereocenters. The number of hydrogen-bond donors (Lipinski definition) is 1. The summed E-state index contributed by atoms with van der Waals surface area (Å²) in [6.45, 7) is 4.93. The molecule has 1 aromatic carbocycles. The molecule has 2 aliphatic rings. The van der Waals surface area contributed by atoms with E-state index >= 15 is 0 Å². The molecular weight excluding hydrogens is 314 g/mol. The Morgan fingerprint density at radius 3 is 2.52 bits per heavy atom. The first kappa shape index (κ1) is 18.4. The van der Waals surface area contributed by atoms with Gasteiger partial charge in [-0.05, 0) is 44.2 Å². The molecule has 3 rings (SSSR count).